The Bertz CT molecular complexity index is 391. The first-order chi connectivity index (χ1) is 7.31. The molecule has 0 amide bonds. The van der Waals surface area contributed by atoms with Crippen LogP contribution in [0.4, 0.5) is 5.82 Å². The monoisotopic (exact) mass is 265 g/mol. The molecule has 1 aromatic heterocycles. The van der Waals surface area contributed by atoms with Crippen molar-refractivity contribution in [1.29, 1.82) is 5.26 Å². The lowest BCUT2D eigenvalue weighted by Gasteiger charge is -2.28. The third-order valence-electron chi connectivity index (χ3n) is 2.61. The molecule has 0 aliphatic carbocycles. The second kappa shape index (κ2) is 4.63. The first-order valence-electron chi connectivity index (χ1n) is 5.12. The lowest BCUT2D eigenvalue weighted by molar-refractivity contribution is 0.573. The molecule has 0 bridgehead atoms. The van der Waals surface area contributed by atoms with Crippen molar-refractivity contribution in [3.8, 4) is 6.07 Å². The number of pyridine rings is 1. The van der Waals surface area contributed by atoms with Crippen molar-refractivity contribution in [3.05, 3.63) is 22.3 Å². The summed E-state index contributed by atoms with van der Waals surface area (Å²) in [6.07, 6.45) is 5.44. The molecule has 0 unspecified atom stereocenters. The Morgan fingerprint density at radius 3 is 2.73 bits per heavy atom. The number of nitriles is 1. The molecule has 2 heterocycles. The highest BCUT2D eigenvalue weighted by Crippen LogP contribution is 2.23. The van der Waals surface area contributed by atoms with Crippen molar-refractivity contribution in [2.24, 2.45) is 0 Å². The normalized spacial score (nSPS) is 16.1. The molecule has 0 atom stereocenters. The molecule has 2 rings (SSSR count). The number of anilines is 1. The van der Waals surface area contributed by atoms with E-state index < -0.39 is 0 Å². The largest absolute Gasteiger partial charge is 0.356 e. The van der Waals surface area contributed by atoms with E-state index in [0.29, 0.717) is 5.56 Å². The van der Waals surface area contributed by atoms with Crippen LogP contribution in [0.1, 0.15) is 24.8 Å². The van der Waals surface area contributed by atoms with Crippen LogP contribution < -0.4 is 4.90 Å². The number of nitrogens with zero attached hydrogens (tertiary/aromatic N) is 3. The van der Waals surface area contributed by atoms with Crippen LogP contribution in [0.25, 0.3) is 0 Å². The van der Waals surface area contributed by atoms with Crippen molar-refractivity contribution >= 4 is 21.7 Å². The highest BCUT2D eigenvalue weighted by Gasteiger charge is 2.15. The van der Waals surface area contributed by atoms with E-state index in [0.717, 1.165) is 23.4 Å². The van der Waals surface area contributed by atoms with Crippen molar-refractivity contribution in [2.75, 3.05) is 18.0 Å². The summed E-state index contributed by atoms with van der Waals surface area (Å²) in [5, 5.41) is 9.04. The zero-order chi connectivity index (χ0) is 10.7. The van der Waals surface area contributed by atoms with Crippen molar-refractivity contribution in [1.82, 2.24) is 4.98 Å². The predicted molar refractivity (Wildman–Crippen MR) is 62.7 cm³/mol. The Balaban J connectivity index is 2.30. The number of aromatic nitrogens is 1. The average molecular weight is 266 g/mol. The molecular formula is C11H12BrN3. The van der Waals surface area contributed by atoms with E-state index in [9.17, 15) is 0 Å². The van der Waals surface area contributed by atoms with Crippen LogP contribution in [-0.2, 0) is 0 Å². The van der Waals surface area contributed by atoms with Gasteiger partial charge in [0.1, 0.15) is 11.9 Å². The fourth-order valence-electron chi connectivity index (χ4n) is 1.87. The van der Waals surface area contributed by atoms with E-state index >= 15 is 0 Å². The molecule has 0 spiro atoms. The van der Waals surface area contributed by atoms with E-state index in [1.807, 2.05) is 6.07 Å². The summed E-state index contributed by atoms with van der Waals surface area (Å²) >= 11 is 3.33. The van der Waals surface area contributed by atoms with Gasteiger partial charge in [0.25, 0.3) is 0 Å². The Kier molecular flexibility index (Phi) is 3.22. The molecule has 15 heavy (non-hydrogen) atoms. The fraction of sp³-hybridized carbons (Fsp3) is 0.455. The molecular weight excluding hydrogens is 254 g/mol. The molecule has 0 radical (unpaired) electrons. The second-order valence-electron chi connectivity index (χ2n) is 3.68. The second-order valence-corrected chi connectivity index (χ2v) is 4.60. The number of piperidine rings is 1. The van der Waals surface area contributed by atoms with Gasteiger partial charge in [-0.2, -0.15) is 5.26 Å². The minimum atomic E-state index is 0.659. The maximum Gasteiger partial charge on any atom is 0.146 e. The van der Waals surface area contributed by atoms with Crippen LogP contribution in [0.2, 0.25) is 0 Å². The van der Waals surface area contributed by atoms with Crippen LogP contribution in [0, 0.1) is 11.3 Å². The molecule has 78 valence electrons. The van der Waals surface area contributed by atoms with Gasteiger partial charge in [-0.05, 0) is 41.3 Å². The Morgan fingerprint density at radius 1 is 1.33 bits per heavy atom. The maximum atomic E-state index is 9.04. The fourth-order valence-corrected chi connectivity index (χ4v) is 2.20. The SMILES string of the molecule is N#Cc1cc(Br)cnc1N1CCCCC1. The van der Waals surface area contributed by atoms with Gasteiger partial charge in [-0.25, -0.2) is 4.98 Å². The Labute approximate surface area is 97.9 Å². The highest BCUT2D eigenvalue weighted by atomic mass is 79.9. The van der Waals surface area contributed by atoms with Crippen LogP contribution in [-0.4, -0.2) is 18.1 Å². The van der Waals surface area contributed by atoms with Crippen LogP contribution >= 0.6 is 15.9 Å². The molecule has 0 aromatic carbocycles. The van der Waals surface area contributed by atoms with E-state index in [1.165, 1.54) is 19.3 Å². The van der Waals surface area contributed by atoms with Gasteiger partial charge >= 0.3 is 0 Å². The molecule has 0 N–H and O–H groups in total. The first-order valence-corrected chi connectivity index (χ1v) is 5.91. The smallest absolute Gasteiger partial charge is 0.146 e. The van der Waals surface area contributed by atoms with Crippen LogP contribution in [0.3, 0.4) is 0 Å². The van der Waals surface area contributed by atoms with E-state index in [4.69, 9.17) is 5.26 Å². The highest BCUT2D eigenvalue weighted by molar-refractivity contribution is 9.10. The van der Waals surface area contributed by atoms with Crippen molar-refractivity contribution < 1.29 is 0 Å². The molecule has 0 saturated carbocycles. The minimum absolute atomic E-state index is 0.659. The van der Waals surface area contributed by atoms with Gasteiger partial charge in [-0.15, -0.1) is 0 Å². The zero-order valence-electron chi connectivity index (χ0n) is 8.41. The summed E-state index contributed by atoms with van der Waals surface area (Å²) < 4.78 is 0.861. The van der Waals surface area contributed by atoms with E-state index in [2.05, 4.69) is 31.9 Å². The van der Waals surface area contributed by atoms with E-state index in [1.54, 1.807) is 6.20 Å². The summed E-state index contributed by atoms with van der Waals surface area (Å²) in [5.41, 5.74) is 0.659. The van der Waals surface area contributed by atoms with Crippen molar-refractivity contribution in [2.45, 2.75) is 19.3 Å². The number of rotatable bonds is 1. The third-order valence-corrected chi connectivity index (χ3v) is 3.04. The lowest BCUT2D eigenvalue weighted by Crippen LogP contribution is -2.30. The molecule has 1 aromatic rings. The van der Waals surface area contributed by atoms with Crippen molar-refractivity contribution in [3.63, 3.8) is 0 Å². The first kappa shape index (κ1) is 10.4. The van der Waals surface area contributed by atoms with Gasteiger partial charge in [0.2, 0.25) is 0 Å². The summed E-state index contributed by atoms with van der Waals surface area (Å²) in [7, 11) is 0. The average Bonchev–Trinajstić information content (AvgIpc) is 2.30. The summed E-state index contributed by atoms with van der Waals surface area (Å²) in [6.45, 7) is 2.03. The topological polar surface area (TPSA) is 39.9 Å². The van der Waals surface area contributed by atoms with Gasteiger partial charge in [-0.3, -0.25) is 0 Å². The number of hydrogen-bond donors (Lipinski definition) is 0. The molecule has 3 nitrogen and oxygen atoms in total. The summed E-state index contributed by atoms with van der Waals surface area (Å²) in [5.74, 6) is 0.834. The van der Waals surface area contributed by atoms with E-state index in [-0.39, 0.29) is 0 Å². The number of hydrogen-bond acceptors (Lipinski definition) is 3. The summed E-state index contributed by atoms with van der Waals surface area (Å²) in [6, 6.07) is 4.03. The van der Waals surface area contributed by atoms with Crippen LogP contribution in [0.5, 0.6) is 0 Å². The molecule has 4 heteroatoms. The zero-order valence-corrected chi connectivity index (χ0v) is 10.00. The summed E-state index contributed by atoms with van der Waals surface area (Å²) in [4.78, 5) is 6.53. The number of halogens is 1. The van der Waals surface area contributed by atoms with Gasteiger partial charge in [0.05, 0.1) is 5.56 Å². The Morgan fingerprint density at radius 2 is 2.07 bits per heavy atom. The predicted octanol–water partition coefficient (Wildman–Crippen LogP) is 2.71. The van der Waals surface area contributed by atoms with Gasteiger partial charge < -0.3 is 4.90 Å². The van der Waals surface area contributed by atoms with Gasteiger partial charge in [0.15, 0.2) is 0 Å². The lowest BCUT2D eigenvalue weighted by atomic mass is 10.1. The molecule has 1 aliphatic heterocycles. The van der Waals surface area contributed by atoms with Gasteiger partial charge in [0, 0.05) is 23.8 Å². The quantitative estimate of drug-likeness (QED) is 0.784. The Hall–Kier alpha value is -1.08. The standard InChI is InChI=1S/C11H12BrN3/c12-10-6-9(7-13)11(14-8-10)15-4-2-1-3-5-15/h6,8H,1-5H2. The molecule has 1 fully saturated rings. The maximum absolute atomic E-state index is 9.04. The molecule has 1 saturated heterocycles. The third kappa shape index (κ3) is 2.29. The van der Waals surface area contributed by atoms with Crippen LogP contribution in [0.15, 0.2) is 16.7 Å². The minimum Gasteiger partial charge on any atom is -0.356 e. The van der Waals surface area contributed by atoms with Gasteiger partial charge in [-0.1, -0.05) is 0 Å². The molecule has 1 aliphatic rings.